The first kappa shape index (κ1) is 18.7. The number of carbonyl (C=O) groups excluding carboxylic acids is 1. The third-order valence-electron chi connectivity index (χ3n) is 3.28. The number of rotatable bonds is 9. The normalized spacial score (nSPS) is 13.1. The molecule has 1 aromatic rings. The van der Waals surface area contributed by atoms with Crippen molar-refractivity contribution in [3.8, 4) is 0 Å². The van der Waals surface area contributed by atoms with Crippen molar-refractivity contribution < 1.29 is 22.4 Å². The molecule has 0 saturated heterocycles. The molecule has 0 aliphatic carbocycles. The van der Waals surface area contributed by atoms with Crippen LogP contribution in [0.15, 0.2) is 15.4 Å². The molecular weight excluding hydrogens is 308 g/mol. The van der Waals surface area contributed by atoms with Gasteiger partial charge >= 0.3 is 5.97 Å². The van der Waals surface area contributed by atoms with E-state index in [1.807, 2.05) is 6.92 Å². The van der Waals surface area contributed by atoms with Crippen molar-refractivity contribution in [2.24, 2.45) is 5.73 Å². The van der Waals surface area contributed by atoms with Crippen LogP contribution in [0.5, 0.6) is 0 Å². The van der Waals surface area contributed by atoms with Gasteiger partial charge in [-0.1, -0.05) is 26.7 Å². The second-order valence-electron chi connectivity index (χ2n) is 4.94. The van der Waals surface area contributed by atoms with Crippen molar-refractivity contribution in [1.82, 2.24) is 4.72 Å². The number of nitrogens with one attached hydrogen (secondary N) is 1. The number of ether oxygens (including phenoxy) is 1. The van der Waals surface area contributed by atoms with Crippen LogP contribution in [-0.4, -0.2) is 34.1 Å². The molecule has 126 valence electrons. The van der Waals surface area contributed by atoms with Crippen molar-refractivity contribution in [3.63, 3.8) is 0 Å². The minimum Gasteiger partial charge on any atom is -0.463 e. The van der Waals surface area contributed by atoms with E-state index < -0.39 is 16.0 Å². The van der Waals surface area contributed by atoms with Gasteiger partial charge in [0, 0.05) is 25.1 Å². The Hall–Kier alpha value is -1.38. The Balaban J connectivity index is 3.05. The zero-order valence-electron chi connectivity index (χ0n) is 13.2. The largest absolute Gasteiger partial charge is 0.463 e. The van der Waals surface area contributed by atoms with E-state index in [1.54, 1.807) is 6.92 Å². The molecule has 0 amide bonds. The molecule has 8 heteroatoms. The van der Waals surface area contributed by atoms with E-state index >= 15 is 0 Å². The summed E-state index contributed by atoms with van der Waals surface area (Å²) in [5.74, 6) is -0.616. The molecule has 3 N–H and O–H groups in total. The maximum absolute atomic E-state index is 12.5. The van der Waals surface area contributed by atoms with E-state index in [9.17, 15) is 13.2 Å². The Bertz CT molecular complexity index is 594. The van der Waals surface area contributed by atoms with Crippen LogP contribution >= 0.6 is 0 Å². The quantitative estimate of drug-likeness (QED) is 0.662. The second-order valence-corrected chi connectivity index (χ2v) is 6.62. The summed E-state index contributed by atoms with van der Waals surface area (Å²) >= 11 is 0. The number of unbranched alkanes of at least 4 members (excludes halogenated alkanes) is 1. The molecule has 0 radical (unpaired) electrons. The van der Waals surface area contributed by atoms with Gasteiger partial charge in [-0.25, -0.2) is 17.9 Å². The molecule has 22 heavy (non-hydrogen) atoms. The van der Waals surface area contributed by atoms with Gasteiger partial charge < -0.3 is 14.9 Å². The lowest BCUT2D eigenvalue weighted by Crippen LogP contribution is -2.40. The van der Waals surface area contributed by atoms with Crippen LogP contribution < -0.4 is 10.5 Å². The Labute approximate surface area is 131 Å². The number of aryl methyl sites for hydroxylation is 1. The third kappa shape index (κ3) is 4.56. The van der Waals surface area contributed by atoms with Crippen LogP contribution in [0.2, 0.25) is 0 Å². The molecule has 0 bridgehead atoms. The van der Waals surface area contributed by atoms with Gasteiger partial charge in [-0.15, -0.1) is 0 Å². The molecule has 7 nitrogen and oxygen atoms in total. The molecule has 0 aromatic carbocycles. The second kappa shape index (κ2) is 8.30. The lowest BCUT2D eigenvalue weighted by molar-refractivity contribution is 0.0563. The highest BCUT2D eigenvalue weighted by atomic mass is 32.2. The zero-order chi connectivity index (χ0) is 16.8. The Morgan fingerprint density at radius 1 is 1.45 bits per heavy atom. The number of esters is 1. The fraction of sp³-hybridized carbons (Fsp3) is 0.643. The van der Waals surface area contributed by atoms with Gasteiger partial charge in [-0.05, 0) is 6.42 Å². The number of hydrogen-bond acceptors (Lipinski definition) is 6. The first-order valence-electron chi connectivity index (χ1n) is 7.32. The Kier molecular flexibility index (Phi) is 7.05. The SMILES string of the molecule is CCCCC(CN)NS(=O)(=O)c1cc(C(=O)OC)oc1CC. The molecule has 0 spiro atoms. The zero-order valence-corrected chi connectivity index (χ0v) is 14.0. The Morgan fingerprint density at radius 2 is 2.14 bits per heavy atom. The van der Waals surface area contributed by atoms with E-state index in [1.165, 1.54) is 13.2 Å². The molecule has 0 aliphatic rings. The molecule has 0 fully saturated rings. The number of methoxy groups -OCH3 is 1. The van der Waals surface area contributed by atoms with E-state index in [4.69, 9.17) is 10.2 Å². The smallest absolute Gasteiger partial charge is 0.373 e. The number of nitrogens with two attached hydrogens (primary N) is 1. The maximum Gasteiger partial charge on any atom is 0.373 e. The monoisotopic (exact) mass is 332 g/mol. The summed E-state index contributed by atoms with van der Waals surface area (Å²) in [6.45, 7) is 3.98. The van der Waals surface area contributed by atoms with E-state index in [0.717, 1.165) is 12.8 Å². The number of furan rings is 1. The van der Waals surface area contributed by atoms with Crippen LogP contribution in [0.1, 0.15) is 49.4 Å². The third-order valence-corrected chi connectivity index (χ3v) is 4.85. The van der Waals surface area contributed by atoms with Gasteiger partial charge in [0.2, 0.25) is 15.8 Å². The molecular formula is C14H24N2O5S. The molecule has 1 unspecified atom stereocenters. The summed E-state index contributed by atoms with van der Waals surface area (Å²) in [6.07, 6.45) is 2.84. The molecule has 0 saturated carbocycles. The highest BCUT2D eigenvalue weighted by Gasteiger charge is 2.27. The number of carbonyl (C=O) groups is 1. The van der Waals surface area contributed by atoms with Gasteiger partial charge in [0.1, 0.15) is 10.7 Å². The van der Waals surface area contributed by atoms with Crippen LogP contribution in [0, 0.1) is 0 Å². The van der Waals surface area contributed by atoms with Crippen molar-refractivity contribution in [1.29, 1.82) is 0 Å². The molecule has 1 atom stereocenters. The molecule has 1 rings (SSSR count). The highest BCUT2D eigenvalue weighted by molar-refractivity contribution is 7.89. The predicted octanol–water partition coefficient (Wildman–Crippen LogP) is 1.42. The minimum atomic E-state index is -3.80. The average Bonchev–Trinajstić information content (AvgIpc) is 2.95. The van der Waals surface area contributed by atoms with Crippen LogP contribution in [0.25, 0.3) is 0 Å². The van der Waals surface area contributed by atoms with Gasteiger partial charge in [-0.3, -0.25) is 0 Å². The number of hydrogen-bond donors (Lipinski definition) is 2. The predicted molar refractivity (Wildman–Crippen MR) is 82.1 cm³/mol. The van der Waals surface area contributed by atoms with Gasteiger partial charge in [-0.2, -0.15) is 0 Å². The minimum absolute atomic E-state index is 0.0367. The standard InChI is InChI=1S/C14H24N2O5S/c1-4-6-7-10(9-15)16-22(18,19)13-8-12(14(17)20-3)21-11(13)5-2/h8,10,16H,4-7,9,15H2,1-3H3. The van der Waals surface area contributed by atoms with E-state index in [0.29, 0.717) is 12.8 Å². The van der Waals surface area contributed by atoms with Crippen molar-refractivity contribution >= 4 is 16.0 Å². The molecule has 1 heterocycles. The van der Waals surface area contributed by atoms with Crippen molar-refractivity contribution in [2.75, 3.05) is 13.7 Å². The van der Waals surface area contributed by atoms with Crippen LogP contribution in [0.4, 0.5) is 0 Å². The fourth-order valence-corrected chi connectivity index (χ4v) is 3.57. The summed E-state index contributed by atoms with van der Waals surface area (Å²) in [7, 11) is -2.59. The van der Waals surface area contributed by atoms with E-state index in [-0.39, 0.29) is 29.0 Å². The number of sulfonamides is 1. The lowest BCUT2D eigenvalue weighted by Gasteiger charge is -2.16. The van der Waals surface area contributed by atoms with Gasteiger partial charge in [0.25, 0.3) is 0 Å². The Morgan fingerprint density at radius 3 is 2.64 bits per heavy atom. The first-order valence-corrected chi connectivity index (χ1v) is 8.81. The fourth-order valence-electron chi connectivity index (χ4n) is 2.05. The van der Waals surface area contributed by atoms with Gasteiger partial charge in [0.15, 0.2) is 0 Å². The van der Waals surface area contributed by atoms with Crippen LogP contribution in [0.3, 0.4) is 0 Å². The maximum atomic E-state index is 12.5. The van der Waals surface area contributed by atoms with Crippen LogP contribution in [-0.2, 0) is 21.2 Å². The average molecular weight is 332 g/mol. The summed E-state index contributed by atoms with van der Waals surface area (Å²) in [4.78, 5) is 11.5. The lowest BCUT2D eigenvalue weighted by atomic mass is 10.1. The highest BCUT2D eigenvalue weighted by Crippen LogP contribution is 2.22. The summed E-state index contributed by atoms with van der Waals surface area (Å²) < 4.78 is 37.4. The molecule has 0 aliphatic heterocycles. The van der Waals surface area contributed by atoms with E-state index in [2.05, 4.69) is 9.46 Å². The topological polar surface area (TPSA) is 112 Å². The summed E-state index contributed by atoms with van der Waals surface area (Å²) in [6, 6.07) is 0.853. The van der Waals surface area contributed by atoms with Crippen molar-refractivity contribution in [2.45, 2.75) is 50.5 Å². The van der Waals surface area contributed by atoms with Gasteiger partial charge in [0.05, 0.1) is 7.11 Å². The first-order chi connectivity index (χ1) is 10.4. The summed E-state index contributed by atoms with van der Waals surface area (Å²) in [5, 5.41) is 0. The summed E-state index contributed by atoms with van der Waals surface area (Å²) in [5.41, 5.74) is 5.62. The van der Waals surface area contributed by atoms with Crippen molar-refractivity contribution in [3.05, 3.63) is 17.6 Å². The molecule has 1 aromatic heterocycles.